The summed E-state index contributed by atoms with van der Waals surface area (Å²) in [4.78, 5) is 24.6. The van der Waals surface area contributed by atoms with E-state index < -0.39 is 17.8 Å². The summed E-state index contributed by atoms with van der Waals surface area (Å²) in [6, 6.07) is 9.07. The Morgan fingerprint density at radius 3 is 2.31 bits per heavy atom. The van der Waals surface area contributed by atoms with Gasteiger partial charge in [-0.3, -0.25) is 0 Å². The molecule has 0 bridgehead atoms. The lowest BCUT2D eigenvalue weighted by Crippen LogP contribution is -2.52. The van der Waals surface area contributed by atoms with Crippen molar-refractivity contribution in [2.24, 2.45) is 5.92 Å². The lowest BCUT2D eigenvalue weighted by atomic mass is 9.83. The Kier molecular flexibility index (Phi) is 8.80. The van der Waals surface area contributed by atoms with E-state index in [0.29, 0.717) is 5.92 Å². The van der Waals surface area contributed by atoms with Gasteiger partial charge in [0.2, 0.25) is 0 Å². The number of rotatable bonds is 7. The van der Waals surface area contributed by atoms with Crippen molar-refractivity contribution in [1.29, 1.82) is 0 Å². The van der Waals surface area contributed by atoms with Gasteiger partial charge >= 0.3 is 12.2 Å². The molecule has 1 aromatic rings. The van der Waals surface area contributed by atoms with Crippen LogP contribution in [0, 0.1) is 5.92 Å². The standard InChI is InChI=1S/C23H36N2O4/c1-17(24-21(26)28-16-19-13-9-6-10-14-19)20(15-18-11-7-5-8-12-18)25-22(27)29-23(2,3)4/h6,9-10,13-14,17-18,20H,5,7-8,11-12,15-16H2,1-4H3,(H,24,26)(H,25,27)/t17-,20+/m1/s1. The van der Waals surface area contributed by atoms with Crippen LogP contribution in [-0.4, -0.2) is 29.9 Å². The van der Waals surface area contributed by atoms with E-state index in [9.17, 15) is 9.59 Å². The molecule has 0 saturated heterocycles. The van der Waals surface area contributed by atoms with Gasteiger partial charge in [0.15, 0.2) is 0 Å². The van der Waals surface area contributed by atoms with Gasteiger partial charge in [-0.05, 0) is 45.6 Å². The molecule has 162 valence electrons. The van der Waals surface area contributed by atoms with Crippen molar-refractivity contribution in [2.75, 3.05) is 0 Å². The van der Waals surface area contributed by atoms with Crippen molar-refractivity contribution in [3.05, 3.63) is 35.9 Å². The van der Waals surface area contributed by atoms with Crippen LogP contribution in [-0.2, 0) is 16.1 Å². The highest BCUT2D eigenvalue weighted by atomic mass is 16.6. The first-order chi connectivity index (χ1) is 13.7. The van der Waals surface area contributed by atoms with Crippen LogP contribution >= 0.6 is 0 Å². The number of benzene rings is 1. The second-order valence-corrected chi connectivity index (χ2v) is 8.99. The molecule has 2 rings (SSSR count). The first-order valence-electron chi connectivity index (χ1n) is 10.7. The minimum atomic E-state index is -0.565. The summed E-state index contributed by atoms with van der Waals surface area (Å²) in [6.07, 6.45) is 5.94. The van der Waals surface area contributed by atoms with Crippen molar-refractivity contribution in [3.63, 3.8) is 0 Å². The molecule has 1 aromatic carbocycles. The van der Waals surface area contributed by atoms with Gasteiger partial charge in [-0.15, -0.1) is 0 Å². The van der Waals surface area contributed by atoms with Crippen LogP contribution in [0.3, 0.4) is 0 Å². The molecule has 0 aromatic heterocycles. The topological polar surface area (TPSA) is 76.7 Å². The smallest absolute Gasteiger partial charge is 0.407 e. The number of carbonyl (C=O) groups is 2. The molecule has 0 aliphatic heterocycles. The molecule has 1 fully saturated rings. The van der Waals surface area contributed by atoms with Gasteiger partial charge in [0.25, 0.3) is 0 Å². The SMILES string of the molecule is C[C@@H](NC(=O)OCc1ccccc1)[C@H](CC1CCCCC1)NC(=O)OC(C)(C)C. The van der Waals surface area contributed by atoms with Gasteiger partial charge in [-0.25, -0.2) is 9.59 Å². The Bertz CT molecular complexity index is 636. The maximum absolute atomic E-state index is 12.3. The minimum absolute atomic E-state index is 0.211. The highest BCUT2D eigenvalue weighted by Crippen LogP contribution is 2.28. The number of nitrogens with one attached hydrogen (secondary N) is 2. The lowest BCUT2D eigenvalue weighted by Gasteiger charge is -2.31. The van der Waals surface area contributed by atoms with Crippen LogP contribution < -0.4 is 10.6 Å². The number of amides is 2. The second-order valence-electron chi connectivity index (χ2n) is 8.99. The van der Waals surface area contributed by atoms with Crippen molar-refractivity contribution < 1.29 is 19.1 Å². The summed E-state index contributed by atoms with van der Waals surface area (Å²) in [7, 11) is 0. The fraction of sp³-hybridized carbons (Fsp3) is 0.652. The molecule has 2 amide bonds. The van der Waals surface area contributed by atoms with Gasteiger partial charge in [0, 0.05) is 6.04 Å². The summed E-state index contributed by atoms with van der Waals surface area (Å²) >= 11 is 0. The first-order valence-corrected chi connectivity index (χ1v) is 10.7. The number of carbonyl (C=O) groups excluding carboxylic acids is 2. The average molecular weight is 405 g/mol. The zero-order valence-electron chi connectivity index (χ0n) is 18.2. The van der Waals surface area contributed by atoms with Gasteiger partial charge < -0.3 is 20.1 Å². The van der Waals surface area contributed by atoms with E-state index in [1.54, 1.807) is 0 Å². The quantitative estimate of drug-likeness (QED) is 0.658. The molecular formula is C23H36N2O4. The van der Waals surface area contributed by atoms with Crippen LogP contribution in [0.5, 0.6) is 0 Å². The summed E-state index contributed by atoms with van der Waals surface area (Å²) in [5, 5.41) is 5.84. The van der Waals surface area contributed by atoms with E-state index in [1.165, 1.54) is 19.3 Å². The zero-order chi connectivity index (χ0) is 21.3. The number of alkyl carbamates (subject to hydrolysis) is 2. The third kappa shape index (κ3) is 9.20. The molecular weight excluding hydrogens is 368 g/mol. The maximum Gasteiger partial charge on any atom is 0.407 e. The minimum Gasteiger partial charge on any atom is -0.445 e. The van der Waals surface area contributed by atoms with Crippen molar-refractivity contribution in [2.45, 2.75) is 90.5 Å². The highest BCUT2D eigenvalue weighted by molar-refractivity contribution is 5.69. The van der Waals surface area contributed by atoms with E-state index in [4.69, 9.17) is 9.47 Å². The largest absolute Gasteiger partial charge is 0.445 e. The lowest BCUT2D eigenvalue weighted by molar-refractivity contribution is 0.0479. The van der Waals surface area contributed by atoms with Gasteiger partial charge in [-0.2, -0.15) is 0 Å². The van der Waals surface area contributed by atoms with Crippen molar-refractivity contribution in [1.82, 2.24) is 10.6 Å². The summed E-state index contributed by atoms with van der Waals surface area (Å²) in [6.45, 7) is 7.63. The van der Waals surface area contributed by atoms with Crippen LogP contribution in [0.25, 0.3) is 0 Å². The molecule has 1 aliphatic rings. The third-order valence-corrected chi connectivity index (χ3v) is 5.18. The normalized spacial score (nSPS) is 17.1. The molecule has 0 radical (unpaired) electrons. The molecule has 0 unspecified atom stereocenters. The molecule has 6 heteroatoms. The molecule has 6 nitrogen and oxygen atoms in total. The first kappa shape index (κ1) is 23.0. The average Bonchev–Trinajstić information content (AvgIpc) is 2.66. The fourth-order valence-corrected chi connectivity index (χ4v) is 3.68. The summed E-state index contributed by atoms with van der Waals surface area (Å²) in [5.41, 5.74) is 0.367. The molecule has 2 N–H and O–H groups in total. The van der Waals surface area contributed by atoms with E-state index in [1.807, 2.05) is 58.0 Å². The number of ether oxygens (including phenoxy) is 2. The predicted molar refractivity (Wildman–Crippen MR) is 114 cm³/mol. The van der Waals surface area contributed by atoms with Gasteiger partial charge in [-0.1, -0.05) is 62.4 Å². The molecule has 2 atom stereocenters. The van der Waals surface area contributed by atoms with Crippen LogP contribution in [0.2, 0.25) is 0 Å². The number of hydrogen-bond donors (Lipinski definition) is 2. The van der Waals surface area contributed by atoms with Gasteiger partial charge in [0.1, 0.15) is 12.2 Å². The zero-order valence-corrected chi connectivity index (χ0v) is 18.2. The fourth-order valence-electron chi connectivity index (χ4n) is 3.68. The van der Waals surface area contributed by atoms with E-state index in [2.05, 4.69) is 10.6 Å². The van der Waals surface area contributed by atoms with Crippen LogP contribution in [0.15, 0.2) is 30.3 Å². The third-order valence-electron chi connectivity index (χ3n) is 5.18. The Morgan fingerprint density at radius 2 is 1.69 bits per heavy atom. The Hall–Kier alpha value is -2.24. The van der Waals surface area contributed by atoms with E-state index >= 15 is 0 Å². The summed E-state index contributed by atoms with van der Waals surface area (Å²) < 4.78 is 10.8. The highest BCUT2D eigenvalue weighted by Gasteiger charge is 2.28. The predicted octanol–water partition coefficient (Wildman–Crippen LogP) is 5.17. The Balaban J connectivity index is 1.91. The Morgan fingerprint density at radius 1 is 1.03 bits per heavy atom. The van der Waals surface area contributed by atoms with Crippen LogP contribution in [0.1, 0.15) is 71.8 Å². The van der Waals surface area contributed by atoms with Gasteiger partial charge in [0.05, 0.1) is 6.04 Å². The van der Waals surface area contributed by atoms with E-state index in [0.717, 1.165) is 24.8 Å². The molecule has 1 aliphatic carbocycles. The molecule has 0 heterocycles. The summed E-state index contributed by atoms with van der Waals surface area (Å²) in [5.74, 6) is 0.549. The maximum atomic E-state index is 12.3. The second kappa shape index (κ2) is 11.1. The van der Waals surface area contributed by atoms with E-state index in [-0.39, 0.29) is 18.7 Å². The number of hydrogen-bond acceptors (Lipinski definition) is 4. The monoisotopic (exact) mass is 404 g/mol. The van der Waals surface area contributed by atoms with Crippen molar-refractivity contribution in [3.8, 4) is 0 Å². The molecule has 29 heavy (non-hydrogen) atoms. The molecule has 1 saturated carbocycles. The van der Waals surface area contributed by atoms with Crippen LogP contribution in [0.4, 0.5) is 9.59 Å². The Labute approximate surface area is 174 Å². The van der Waals surface area contributed by atoms with Crippen molar-refractivity contribution >= 4 is 12.2 Å². The molecule has 0 spiro atoms.